The van der Waals surface area contributed by atoms with Crippen molar-refractivity contribution in [2.45, 2.75) is 26.3 Å². The fourth-order valence-electron chi connectivity index (χ4n) is 2.37. The van der Waals surface area contributed by atoms with E-state index in [9.17, 15) is 0 Å². The number of rotatable bonds is 5. The summed E-state index contributed by atoms with van der Waals surface area (Å²) in [6, 6.07) is 13.8. The van der Waals surface area contributed by atoms with Crippen LogP contribution < -0.4 is 10.2 Å². The van der Waals surface area contributed by atoms with Crippen molar-refractivity contribution in [3.05, 3.63) is 42.0 Å². The van der Waals surface area contributed by atoms with E-state index in [2.05, 4.69) is 74.6 Å². The van der Waals surface area contributed by atoms with Gasteiger partial charge in [0.05, 0.1) is 0 Å². The number of anilines is 1. The average molecular weight is 256 g/mol. The van der Waals surface area contributed by atoms with Crippen molar-refractivity contribution in [1.82, 2.24) is 5.32 Å². The fraction of sp³-hybridized carbons (Fsp3) is 0.412. The quantitative estimate of drug-likeness (QED) is 0.881. The summed E-state index contributed by atoms with van der Waals surface area (Å²) in [5.41, 5.74) is 2.70. The summed E-state index contributed by atoms with van der Waals surface area (Å²) in [6.45, 7) is 5.40. The minimum atomic E-state index is 0.550. The molecule has 2 rings (SSSR count). The maximum atomic E-state index is 3.48. The zero-order valence-electron chi connectivity index (χ0n) is 12.4. The number of benzene rings is 2. The molecule has 0 aliphatic rings. The second-order valence-electron chi connectivity index (χ2n) is 5.59. The SMILES string of the molecule is CC(C)NCCc1cc(N(C)C)c2ccccc2c1. The van der Waals surface area contributed by atoms with Crippen LogP contribution in [0.4, 0.5) is 5.69 Å². The molecule has 0 unspecified atom stereocenters. The molecule has 0 spiro atoms. The molecule has 0 heterocycles. The van der Waals surface area contributed by atoms with Crippen LogP contribution in [0.15, 0.2) is 36.4 Å². The summed E-state index contributed by atoms with van der Waals surface area (Å²) < 4.78 is 0. The zero-order valence-corrected chi connectivity index (χ0v) is 12.4. The van der Waals surface area contributed by atoms with Gasteiger partial charge in [-0.2, -0.15) is 0 Å². The lowest BCUT2D eigenvalue weighted by Crippen LogP contribution is -2.25. The van der Waals surface area contributed by atoms with Crippen LogP contribution in [-0.4, -0.2) is 26.7 Å². The van der Waals surface area contributed by atoms with Crippen LogP contribution in [0, 0.1) is 0 Å². The van der Waals surface area contributed by atoms with Gasteiger partial charge in [-0.3, -0.25) is 0 Å². The van der Waals surface area contributed by atoms with Crippen molar-refractivity contribution >= 4 is 16.5 Å². The van der Waals surface area contributed by atoms with Crippen LogP contribution in [0.5, 0.6) is 0 Å². The van der Waals surface area contributed by atoms with Gasteiger partial charge in [0.15, 0.2) is 0 Å². The fourth-order valence-corrected chi connectivity index (χ4v) is 2.37. The molecule has 0 amide bonds. The number of fused-ring (bicyclic) bond motifs is 1. The van der Waals surface area contributed by atoms with Gasteiger partial charge in [0.2, 0.25) is 0 Å². The molecule has 0 radical (unpaired) electrons. The van der Waals surface area contributed by atoms with E-state index >= 15 is 0 Å². The van der Waals surface area contributed by atoms with Gasteiger partial charge in [0, 0.05) is 31.2 Å². The van der Waals surface area contributed by atoms with E-state index < -0.39 is 0 Å². The van der Waals surface area contributed by atoms with Gasteiger partial charge < -0.3 is 10.2 Å². The predicted octanol–water partition coefficient (Wildman–Crippen LogP) is 3.45. The minimum absolute atomic E-state index is 0.550. The second-order valence-corrected chi connectivity index (χ2v) is 5.59. The summed E-state index contributed by atoms with van der Waals surface area (Å²) in [5, 5.41) is 6.13. The summed E-state index contributed by atoms with van der Waals surface area (Å²) in [5.74, 6) is 0. The highest BCUT2D eigenvalue weighted by Gasteiger charge is 2.05. The molecule has 2 aromatic rings. The standard InChI is InChI=1S/C17H24N2/c1-13(2)18-10-9-14-11-15-7-5-6-8-16(15)17(12-14)19(3)4/h5-8,11-13,18H,9-10H2,1-4H3. The molecular weight excluding hydrogens is 232 g/mol. The molecule has 0 saturated heterocycles. The van der Waals surface area contributed by atoms with Crippen molar-refractivity contribution in [1.29, 1.82) is 0 Å². The highest BCUT2D eigenvalue weighted by Crippen LogP contribution is 2.27. The van der Waals surface area contributed by atoms with Gasteiger partial charge in [-0.25, -0.2) is 0 Å². The van der Waals surface area contributed by atoms with E-state index in [0.717, 1.165) is 13.0 Å². The van der Waals surface area contributed by atoms with E-state index in [1.54, 1.807) is 0 Å². The lowest BCUT2D eigenvalue weighted by atomic mass is 10.0. The highest BCUT2D eigenvalue weighted by atomic mass is 15.1. The first kappa shape index (κ1) is 13.9. The van der Waals surface area contributed by atoms with Crippen molar-refractivity contribution in [3.8, 4) is 0 Å². The molecule has 19 heavy (non-hydrogen) atoms. The lowest BCUT2D eigenvalue weighted by molar-refractivity contribution is 0.590. The Kier molecular flexibility index (Phi) is 4.43. The van der Waals surface area contributed by atoms with Crippen LogP contribution in [0.1, 0.15) is 19.4 Å². The molecule has 0 aliphatic carbocycles. The highest BCUT2D eigenvalue weighted by molar-refractivity contribution is 5.94. The smallest absolute Gasteiger partial charge is 0.0443 e. The van der Waals surface area contributed by atoms with Gasteiger partial charge in [-0.1, -0.05) is 44.2 Å². The molecule has 0 bridgehead atoms. The zero-order chi connectivity index (χ0) is 13.8. The topological polar surface area (TPSA) is 15.3 Å². The van der Waals surface area contributed by atoms with Crippen molar-refractivity contribution in [2.24, 2.45) is 0 Å². The Labute approximate surface area is 116 Å². The summed E-state index contributed by atoms with van der Waals surface area (Å²) in [6.07, 6.45) is 1.07. The first-order chi connectivity index (χ1) is 9.08. The largest absolute Gasteiger partial charge is 0.377 e. The number of nitrogens with one attached hydrogen (secondary N) is 1. The normalized spacial score (nSPS) is 11.2. The monoisotopic (exact) mass is 256 g/mol. The molecular formula is C17H24N2. The average Bonchev–Trinajstić information content (AvgIpc) is 2.37. The maximum absolute atomic E-state index is 3.48. The van der Waals surface area contributed by atoms with Crippen LogP contribution in [0.3, 0.4) is 0 Å². The van der Waals surface area contributed by atoms with Crippen LogP contribution in [0.2, 0.25) is 0 Å². The Hall–Kier alpha value is -1.54. The third-order valence-electron chi connectivity index (χ3n) is 3.35. The van der Waals surface area contributed by atoms with E-state index in [0.29, 0.717) is 6.04 Å². The Morgan fingerprint density at radius 1 is 1.11 bits per heavy atom. The second kappa shape index (κ2) is 6.07. The Morgan fingerprint density at radius 3 is 2.53 bits per heavy atom. The Balaban J connectivity index is 2.30. The van der Waals surface area contributed by atoms with E-state index in [4.69, 9.17) is 0 Å². The third kappa shape index (κ3) is 3.48. The van der Waals surface area contributed by atoms with Gasteiger partial charge in [-0.15, -0.1) is 0 Å². The number of hydrogen-bond donors (Lipinski definition) is 1. The summed E-state index contributed by atoms with van der Waals surface area (Å²) >= 11 is 0. The molecule has 0 saturated carbocycles. The van der Waals surface area contributed by atoms with Gasteiger partial charge in [0.25, 0.3) is 0 Å². The maximum Gasteiger partial charge on any atom is 0.0443 e. The van der Waals surface area contributed by atoms with Crippen LogP contribution >= 0.6 is 0 Å². The predicted molar refractivity (Wildman–Crippen MR) is 85.1 cm³/mol. The Morgan fingerprint density at radius 2 is 1.84 bits per heavy atom. The molecule has 2 nitrogen and oxygen atoms in total. The van der Waals surface area contributed by atoms with Crippen LogP contribution in [0.25, 0.3) is 10.8 Å². The van der Waals surface area contributed by atoms with E-state index in [1.807, 2.05) is 0 Å². The van der Waals surface area contributed by atoms with Crippen molar-refractivity contribution < 1.29 is 0 Å². The summed E-state index contributed by atoms with van der Waals surface area (Å²) in [4.78, 5) is 2.20. The van der Waals surface area contributed by atoms with E-state index in [1.165, 1.54) is 22.0 Å². The molecule has 102 valence electrons. The van der Waals surface area contributed by atoms with Crippen LogP contribution in [-0.2, 0) is 6.42 Å². The van der Waals surface area contributed by atoms with Gasteiger partial charge in [0.1, 0.15) is 0 Å². The lowest BCUT2D eigenvalue weighted by Gasteiger charge is -2.18. The van der Waals surface area contributed by atoms with Gasteiger partial charge in [-0.05, 0) is 30.0 Å². The molecule has 1 N–H and O–H groups in total. The molecule has 2 aromatic carbocycles. The first-order valence-electron chi connectivity index (χ1n) is 7.00. The van der Waals surface area contributed by atoms with Crippen molar-refractivity contribution in [3.63, 3.8) is 0 Å². The third-order valence-corrected chi connectivity index (χ3v) is 3.35. The molecule has 2 heteroatoms. The first-order valence-corrected chi connectivity index (χ1v) is 7.00. The molecule has 0 fully saturated rings. The van der Waals surface area contributed by atoms with E-state index in [-0.39, 0.29) is 0 Å². The molecule has 0 atom stereocenters. The number of hydrogen-bond acceptors (Lipinski definition) is 2. The summed E-state index contributed by atoms with van der Waals surface area (Å²) in [7, 11) is 4.22. The Bertz CT molecular complexity index is 544. The molecule has 0 aliphatic heterocycles. The van der Waals surface area contributed by atoms with Gasteiger partial charge >= 0.3 is 0 Å². The van der Waals surface area contributed by atoms with Crippen molar-refractivity contribution in [2.75, 3.05) is 25.5 Å². The minimum Gasteiger partial charge on any atom is -0.377 e. The number of nitrogens with zero attached hydrogens (tertiary/aromatic N) is 1. The molecule has 0 aromatic heterocycles.